The fourth-order valence-corrected chi connectivity index (χ4v) is 3.22. The molecular formula is C11H16N2O2S. The largest absolute Gasteiger partial charge is 0.313 e. The summed E-state index contributed by atoms with van der Waals surface area (Å²) in [5.74, 6) is 0. The zero-order chi connectivity index (χ0) is 11.8. The van der Waals surface area contributed by atoms with E-state index in [2.05, 4.69) is 10.0 Å². The van der Waals surface area contributed by atoms with Crippen molar-refractivity contribution in [2.75, 3.05) is 13.1 Å². The molecule has 0 amide bonds. The predicted molar refractivity (Wildman–Crippen MR) is 62.9 cm³/mol. The number of hydrogen-bond acceptors (Lipinski definition) is 3. The van der Waals surface area contributed by atoms with Gasteiger partial charge in [-0.2, -0.15) is 0 Å². The molecular weight excluding hydrogens is 224 g/mol. The molecule has 0 radical (unpaired) electrons. The van der Waals surface area contributed by atoms with Gasteiger partial charge in [-0.3, -0.25) is 0 Å². The molecule has 1 aromatic rings. The molecule has 0 atom stereocenters. The van der Waals surface area contributed by atoms with Crippen molar-refractivity contribution in [3.05, 3.63) is 29.3 Å². The standard InChI is InChI=1S/C11H16N2O2S/c1-8-3-4-9(2)11(5-8)16(14,15)13-10-6-12-7-10/h3-5,10,12-13H,6-7H2,1-2H3. The first-order chi connectivity index (χ1) is 7.49. The first-order valence-electron chi connectivity index (χ1n) is 5.29. The maximum Gasteiger partial charge on any atom is 0.241 e. The van der Waals surface area contributed by atoms with E-state index in [-0.39, 0.29) is 6.04 Å². The fourth-order valence-electron chi connectivity index (χ4n) is 1.65. The van der Waals surface area contributed by atoms with E-state index < -0.39 is 10.0 Å². The third kappa shape index (κ3) is 2.26. The highest BCUT2D eigenvalue weighted by Crippen LogP contribution is 2.17. The lowest BCUT2D eigenvalue weighted by Gasteiger charge is -2.28. The lowest BCUT2D eigenvalue weighted by Crippen LogP contribution is -2.56. The van der Waals surface area contributed by atoms with Crippen molar-refractivity contribution >= 4 is 10.0 Å². The topological polar surface area (TPSA) is 58.2 Å². The lowest BCUT2D eigenvalue weighted by atomic mass is 10.2. The Morgan fingerprint density at radius 3 is 2.56 bits per heavy atom. The van der Waals surface area contributed by atoms with E-state index in [0.29, 0.717) is 18.0 Å². The smallest absolute Gasteiger partial charge is 0.241 e. The SMILES string of the molecule is Cc1ccc(C)c(S(=O)(=O)NC2CNC2)c1. The Morgan fingerprint density at radius 1 is 1.31 bits per heavy atom. The molecule has 0 aromatic heterocycles. The molecule has 0 aliphatic carbocycles. The summed E-state index contributed by atoms with van der Waals surface area (Å²) < 4.78 is 26.8. The van der Waals surface area contributed by atoms with E-state index in [4.69, 9.17) is 0 Å². The van der Waals surface area contributed by atoms with Gasteiger partial charge in [0.15, 0.2) is 0 Å². The zero-order valence-corrected chi connectivity index (χ0v) is 10.3. The Labute approximate surface area is 96.1 Å². The highest BCUT2D eigenvalue weighted by atomic mass is 32.2. The second-order valence-corrected chi connectivity index (χ2v) is 5.93. The molecule has 1 heterocycles. The minimum absolute atomic E-state index is 0.0323. The normalized spacial score (nSPS) is 17.1. The number of sulfonamides is 1. The Bertz CT molecular complexity index is 493. The molecule has 1 aromatic carbocycles. The van der Waals surface area contributed by atoms with Crippen LogP contribution < -0.4 is 10.0 Å². The van der Waals surface area contributed by atoms with E-state index in [1.165, 1.54) is 0 Å². The highest BCUT2D eigenvalue weighted by molar-refractivity contribution is 7.89. The van der Waals surface area contributed by atoms with Crippen LogP contribution in [0.15, 0.2) is 23.1 Å². The second-order valence-electron chi connectivity index (χ2n) is 4.25. The molecule has 0 spiro atoms. The number of rotatable bonds is 3. The van der Waals surface area contributed by atoms with E-state index in [0.717, 1.165) is 11.1 Å². The maximum absolute atomic E-state index is 12.1. The minimum atomic E-state index is -3.36. The van der Waals surface area contributed by atoms with Gasteiger partial charge in [-0.05, 0) is 31.0 Å². The van der Waals surface area contributed by atoms with E-state index >= 15 is 0 Å². The van der Waals surface area contributed by atoms with Crippen LogP contribution in [-0.4, -0.2) is 27.5 Å². The molecule has 0 saturated carbocycles. The second kappa shape index (κ2) is 4.16. The van der Waals surface area contributed by atoms with Crippen molar-refractivity contribution in [3.63, 3.8) is 0 Å². The van der Waals surface area contributed by atoms with Gasteiger partial charge in [0, 0.05) is 19.1 Å². The van der Waals surface area contributed by atoms with Gasteiger partial charge in [0.25, 0.3) is 0 Å². The van der Waals surface area contributed by atoms with Crippen LogP contribution in [0, 0.1) is 13.8 Å². The highest BCUT2D eigenvalue weighted by Gasteiger charge is 2.25. The van der Waals surface area contributed by atoms with Crippen LogP contribution in [0.4, 0.5) is 0 Å². The molecule has 88 valence electrons. The Hall–Kier alpha value is -0.910. The molecule has 16 heavy (non-hydrogen) atoms. The molecule has 2 N–H and O–H groups in total. The van der Waals surface area contributed by atoms with Crippen LogP contribution in [0.25, 0.3) is 0 Å². The summed E-state index contributed by atoms with van der Waals surface area (Å²) >= 11 is 0. The fraction of sp³-hybridized carbons (Fsp3) is 0.455. The van der Waals surface area contributed by atoms with E-state index in [1.807, 2.05) is 26.0 Å². The summed E-state index contributed by atoms with van der Waals surface area (Å²) in [6.45, 7) is 5.13. The molecule has 1 saturated heterocycles. The summed E-state index contributed by atoms with van der Waals surface area (Å²) in [6.07, 6.45) is 0. The Morgan fingerprint density at radius 2 is 2.00 bits per heavy atom. The Kier molecular flexibility index (Phi) is 3.01. The van der Waals surface area contributed by atoms with Crippen molar-refractivity contribution in [1.82, 2.24) is 10.0 Å². The molecule has 0 unspecified atom stereocenters. The average Bonchev–Trinajstić information content (AvgIpc) is 2.16. The van der Waals surface area contributed by atoms with Gasteiger partial charge in [0.2, 0.25) is 10.0 Å². The number of benzene rings is 1. The van der Waals surface area contributed by atoms with Crippen LogP contribution in [0.5, 0.6) is 0 Å². The maximum atomic E-state index is 12.1. The average molecular weight is 240 g/mol. The van der Waals surface area contributed by atoms with Crippen molar-refractivity contribution < 1.29 is 8.42 Å². The molecule has 1 fully saturated rings. The van der Waals surface area contributed by atoms with Crippen LogP contribution in [-0.2, 0) is 10.0 Å². The predicted octanol–water partition coefficient (Wildman–Crippen LogP) is 0.554. The third-order valence-corrected chi connectivity index (χ3v) is 4.40. The van der Waals surface area contributed by atoms with Gasteiger partial charge < -0.3 is 5.32 Å². The van der Waals surface area contributed by atoms with Crippen molar-refractivity contribution in [3.8, 4) is 0 Å². The van der Waals surface area contributed by atoms with Crippen molar-refractivity contribution in [1.29, 1.82) is 0 Å². The monoisotopic (exact) mass is 240 g/mol. The van der Waals surface area contributed by atoms with Crippen LogP contribution >= 0.6 is 0 Å². The first kappa shape index (κ1) is 11.6. The van der Waals surface area contributed by atoms with Crippen LogP contribution in [0.2, 0.25) is 0 Å². The molecule has 5 heteroatoms. The number of nitrogens with one attached hydrogen (secondary N) is 2. The molecule has 1 aliphatic heterocycles. The van der Waals surface area contributed by atoms with Gasteiger partial charge in [0.05, 0.1) is 4.90 Å². The summed E-state index contributed by atoms with van der Waals surface area (Å²) in [5, 5.41) is 3.03. The van der Waals surface area contributed by atoms with Crippen molar-refractivity contribution in [2.45, 2.75) is 24.8 Å². The first-order valence-corrected chi connectivity index (χ1v) is 6.78. The third-order valence-electron chi connectivity index (χ3n) is 2.74. The lowest BCUT2D eigenvalue weighted by molar-refractivity contribution is 0.410. The van der Waals surface area contributed by atoms with Crippen LogP contribution in [0.3, 0.4) is 0 Å². The van der Waals surface area contributed by atoms with Gasteiger partial charge in [-0.15, -0.1) is 0 Å². The quantitative estimate of drug-likeness (QED) is 0.811. The van der Waals surface area contributed by atoms with Crippen LogP contribution in [0.1, 0.15) is 11.1 Å². The Balaban J connectivity index is 2.30. The van der Waals surface area contributed by atoms with Gasteiger partial charge in [-0.25, -0.2) is 13.1 Å². The number of aryl methyl sites for hydroxylation is 2. The van der Waals surface area contributed by atoms with E-state index in [1.54, 1.807) is 6.07 Å². The van der Waals surface area contributed by atoms with Gasteiger partial charge in [-0.1, -0.05) is 12.1 Å². The van der Waals surface area contributed by atoms with Crippen molar-refractivity contribution in [2.24, 2.45) is 0 Å². The summed E-state index contributed by atoms with van der Waals surface area (Å²) in [7, 11) is -3.36. The molecule has 2 rings (SSSR count). The molecule has 1 aliphatic rings. The summed E-state index contributed by atoms with van der Waals surface area (Å²) in [6, 6.07) is 5.50. The molecule has 0 bridgehead atoms. The van der Waals surface area contributed by atoms with E-state index in [9.17, 15) is 8.42 Å². The zero-order valence-electron chi connectivity index (χ0n) is 9.45. The number of hydrogen-bond donors (Lipinski definition) is 2. The summed E-state index contributed by atoms with van der Waals surface area (Å²) in [5.41, 5.74) is 1.74. The van der Waals surface area contributed by atoms with Gasteiger partial charge in [0.1, 0.15) is 0 Å². The van der Waals surface area contributed by atoms with Gasteiger partial charge >= 0.3 is 0 Å². The minimum Gasteiger partial charge on any atom is -0.313 e. The molecule has 4 nitrogen and oxygen atoms in total. The summed E-state index contributed by atoms with van der Waals surface area (Å²) in [4.78, 5) is 0.388.